The van der Waals surface area contributed by atoms with Crippen molar-refractivity contribution in [3.8, 4) is 0 Å². The summed E-state index contributed by atoms with van der Waals surface area (Å²) in [6, 6.07) is 15.4. The first-order valence-electron chi connectivity index (χ1n) is 10.1. The van der Waals surface area contributed by atoms with E-state index in [0.29, 0.717) is 25.1 Å². The fourth-order valence-electron chi connectivity index (χ4n) is 3.37. The van der Waals surface area contributed by atoms with Gasteiger partial charge in [0.15, 0.2) is 0 Å². The molecule has 8 heteroatoms. The van der Waals surface area contributed by atoms with E-state index in [1.807, 2.05) is 30.3 Å². The van der Waals surface area contributed by atoms with Crippen LogP contribution < -0.4 is 10.0 Å². The van der Waals surface area contributed by atoms with Gasteiger partial charge in [0.2, 0.25) is 10.0 Å². The quantitative estimate of drug-likeness (QED) is 0.629. The number of rotatable bonds is 9. The average molecular weight is 432 g/mol. The van der Waals surface area contributed by atoms with Gasteiger partial charge in [-0.15, -0.1) is 0 Å². The normalized spacial score (nSPS) is 15.1. The van der Waals surface area contributed by atoms with Gasteiger partial charge in [0.05, 0.1) is 19.5 Å². The molecule has 0 saturated carbocycles. The standard InChI is InChI=1S/C22H29N3O4S/c1-30(27,28)24-11-10-18-6-8-19(9-7-18)22(26)23-16-20-4-2-3-5-21(20)17-25-12-14-29-15-13-25/h2-9,24H,10-17H2,1H3,(H,23,26). The third-order valence-corrected chi connectivity index (χ3v) is 5.78. The number of hydrogen-bond donors (Lipinski definition) is 2. The van der Waals surface area contributed by atoms with Gasteiger partial charge < -0.3 is 10.1 Å². The van der Waals surface area contributed by atoms with E-state index >= 15 is 0 Å². The molecule has 1 amide bonds. The summed E-state index contributed by atoms with van der Waals surface area (Å²) in [5, 5.41) is 3.00. The molecule has 2 N–H and O–H groups in total. The second-order valence-corrected chi connectivity index (χ2v) is 9.29. The minimum atomic E-state index is -3.19. The van der Waals surface area contributed by atoms with Crippen LogP contribution in [0.15, 0.2) is 48.5 Å². The molecular formula is C22H29N3O4S. The Balaban J connectivity index is 1.53. The zero-order valence-electron chi connectivity index (χ0n) is 17.3. The largest absolute Gasteiger partial charge is 0.379 e. The molecule has 1 saturated heterocycles. The van der Waals surface area contributed by atoms with Crippen LogP contribution in [0.5, 0.6) is 0 Å². The van der Waals surface area contributed by atoms with Crippen LogP contribution in [0.1, 0.15) is 27.0 Å². The van der Waals surface area contributed by atoms with Crippen LogP contribution in [0.3, 0.4) is 0 Å². The molecule has 3 rings (SSSR count). The Morgan fingerprint density at radius 3 is 2.37 bits per heavy atom. The van der Waals surface area contributed by atoms with Gasteiger partial charge in [-0.25, -0.2) is 13.1 Å². The number of morpholine rings is 1. The van der Waals surface area contributed by atoms with Gasteiger partial charge in [0.25, 0.3) is 5.91 Å². The monoisotopic (exact) mass is 431 g/mol. The van der Waals surface area contributed by atoms with Gasteiger partial charge in [0, 0.05) is 38.3 Å². The fourth-order valence-corrected chi connectivity index (χ4v) is 3.84. The zero-order chi connectivity index (χ0) is 21.4. The molecule has 0 spiro atoms. The first-order valence-corrected chi connectivity index (χ1v) is 12.0. The third kappa shape index (κ3) is 7.21. The Morgan fingerprint density at radius 2 is 1.70 bits per heavy atom. The van der Waals surface area contributed by atoms with Crippen LogP contribution in [0.4, 0.5) is 0 Å². The van der Waals surface area contributed by atoms with E-state index in [4.69, 9.17) is 4.74 Å². The molecule has 0 radical (unpaired) electrons. The molecule has 0 aliphatic carbocycles. The molecule has 162 valence electrons. The highest BCUT2D eigenvalue weighted by Gasteiger charge is 2.13. The summed E-state index contributed by atoms with van der Waals surface area (Å²) in [5.41, 5.74) is 3.88. The summed E-state index contributed by atoms with van der Waals surface area (Å²) in [6.45, 7) is 5.03. The minimum Gasteiger partial charge on any atom is -0.379 e. The minimum absolute atomic E-state index is 0.128. The number of carbonyl (C=O) groups is 1. The molecule has 30 heavy (non-hydrogen) atoms. The molecule has 0 atom stereocenters. The third-order valence-electron chi connectivity index (χ3n) is 5.05. The molecule has 1 fully saturated rings. The van der Waals surface area contributed by atoms with Gasteiger partial charge in [-0.2, -0.15) is 0 Å². The van der Waals surface area contributed by atoms with Crippen LogP contribution in [-0.2, 0) is 34.3 Å². The molecule has 0 unspecified atom stereocenters. The number of sulfonamides is 1. The lowest BCUT2D eigenvalue weighted by atomic mass is 10.1. The van der Waals surface area contributed by atoms with E-state index in [2.05, 4.69) is 21.0 Å². The number of ether oxygens (including phenoxy) is 1. The molecule has 0 bridgehead atoms. The smallest absolute Gasteiger partial charge is 0.251 e. The SMILES string of the molecule is CS(=O)(=O)NCCc1ccc(C(=O)NCc2ccccc2CN2CCOCC2)cc1. The lowest BCUT2D eigenvalue weighted by Crippen LogP contribution is -2.36. The summed E-state index contributed by atoms with van der Waals surface area (Å²) in [7, 11) is -3.19. The zero-order valence-corrected chi connectivity index (χ0v) is 18.1. The van der Waals surface area contributed by atoms with Crippen molar-refractivity contribution < 1.29 is 17.9 Å². The van der Waals surface area contributed by atoms with E-state index in [1.165, 1.54) is 5.56 Å². The number of nitrogens with one attached hydrogen (secondary N) is 2. The lowest BCUT2D eigenvalue weighted by Gasteiger charge is -2.27. The van der Waals surface area contributed by atoms with Crippen molar-refractivity contribution in [2.75, 3.05) is 39.1 Å². The number of benzene rings is 2. The summed E-state index contributed by atoms with van der Waals surface area (Å²) >= 11 is 0. The summed E-state index contributed by atoms with van der Waals surface area (Å²) in [5.74, 6) is -0.128. The van der Waals surface area contributed by atoms with Crippen LogP contribution >= 0.6 is 0 Å². The Bertz CT molecular complexity index is 939. The van der Waals surface area contributed by atoms with Crippen LogP contribution in [0.25, 0.3) is 0 Å². The highest BCUT2D eigenvalue weighted by molar-refractivity contribution is 7.88. The predicted octanol–water partition coefficient (Wildman–Crippen LogP) is 1.54. The first-order chi connectivity index (χ1) is 14.4. The Labute approximate surface area is 178 Å². The molecule has 1 aliphatic rings. The van der Waals surface area contributed by atoms with Gasteiger partial charge in [-0.1, -0.05) is 36.4 Å². The van der Waals surface area contributed by atoms with Crippen molar-refractivity contribution >= 4 is 15.9 Å². The summed E-state index contributed by atoms with van der Waals surface area (Å²) in [4.78, 5) is 14.9. The van der Waals surface area contributed by atoms with Crippen molar-refractivity contribution in [2.45, 2.75) is 19.5 Å². The predicted molar refractivity (Wildman–Crippen MR) is 117 cm³/mol. The van der Waals surface area contributed by atoms with Gasteiger partial charge in [-0.05, 0) is 35.2 Å². The first kappa shape index (κ1) is 22.4. The number of hydrogen-bond acceptors (Lipinski definition) is 5. The topological polar surface area (TPSA) is 87.7 Å². The van der Waals surface area contributed by atoms with Crippen LogP contribution in [0, 0.1) is 0 Å². The van der Waals surface area contributed by atoms with E-state index in [1.54, 1.807) is 12.1 Å². The van der Waals surface area contributed by atoms with Crippen molar-refractivity contribution in [2.24, 2.45) is 0 Å². The van der Waals surface area contributed by atoms with E-state index in [-0.39, 0.29) is 5.91 Å². The van der Waals surface area contributed by atoms with Crippen molar-refractivity contribution in [1.29, 1.82) is 0 Å². The van der Waals surface area contributed by atoms with Gasteiger partial charge >= 0.3 is 0 Å². The highest BCUT2D eigenvalue weighted by Crippen LogP contribution is 2.13. The summed E-state index contributed by atoms with van der Waals surface area (Å²) < 4.78 is 30.1. The molecular weight excluding hydrogens is 402 g/mol. The van der Waals surface area contributed by atoms with Gasteiger partial charge in [0.1, 0.15) is 0 Å². The molecule has 1 aliphatic heterocycles. The van der Waals surface area contributed by atoms with Crippen molar-refractivity contribution in [1.82, 2.24) is 14.9 Å². The maximum Gasteiger partial charge on any atom is 0.251 e. The second kappa shape index (κ2) is 10.7. The Morgan fingerprint density at radius 1 is 1.03 bits per heavy atom. The number of nitrogens with zero attached hydrogens (tertiary/aromatic N) is 1. The van der Waals surface area contributed by atoms with Crippen molar-refractivity contribution in [3.63, 3.8) is 0 Å². The lowest BCUT2D eigenvalue weighted by molar-refractivity contribution is 0.0340. The van der Waals surface area contributed by atoms with Crippen LogP contribution in [-0.4, -0.2) is 58.3 Å². The van der Waals surface area contributed by atoms with Crippen molar-refractivity contribution in [3.05, 3.63) is 70.8 Å². The molecule has 2 aromatic rings. The maximum absolute atomic E-state index is 12.5. The summed E-state index contributed by atoms with van der Waals surface area (Å²) in [6.07, 6.45) is 1.71. The number of carbonyl (C=O) groups excluding carboxylic acids is 1. The van der Waals surface area contributed by atoms with E-state index < -0.39 is 10.0 Å². The van der Waals surface area contributed by atoms with E-state index in [9.17, 15) is 13.2 Å². The average Bonchev–Trinajstić information content (AvgIpc) is 2.73. The van der Waals surface area contributed by atoms with E-state index in [0.717, 1.165) is 50.2 Å². The molecule has 1 heterocycles. The molecule has 2 aromatic carbocycles. The van der Waals surface area contributed by atoms with Crippen LogP contribution in [0.2, 0.25) is 0 Å². The Kier molecular flexibility index (Phi) is 7.98. The number of amides is 1. The van der Waals surface area contributed by atoms with Gasteiger partial charge in [-0.3, -0.25) is 9.69 Å². The molecule has 7 nitrogen and oxygen atoms in total. The second-order valence-electron chi connectivity index (χ2n) is 7.45. The Hall–Kier alpha value is -2.26. The maximum atomic E-state index is 12.5. The molecule has 0 aromatic heterocycles. The highest BCUT2D eigenvalue weighted by atomic mass is 32.2. The fraction of sp³-hybridized carbons (Fsp3) is 0.409.